The third-order valence-corrected chi connectivity index (χ3v) is 4.73. The second-order valence-electron chi connectivity index (χ2n) is 6.53. The number of Topliss-reactive ketones (excluding diaryl/α,β-unsaturated/α-hetero) is 1. The van der Waals surface area contributed by atoms with Crippen molar-refractivity contribution in [3.63, 3.8) is 0 Å². The average Bonchev–Trinajstić information content (AvgIpc) is 2.28. The lowest BCUT2D eigenvalue weighted by molar-refractivity contribution is -0.126. The van der Waals surface area contributed by atoms with Crippen molar-refractivity contribution in [2.75, 3.05) is 13.1 Å². The Balaban J connectivity index is 1.92. The second-order valence-corrected chi connectivity index (χ2v) is 6.53. The Hall–Kier alpha value is -0.370. The summed E-state index contributed by atoms with van der Waals surface area (Å²) in [6, 6.07) is 0.677. The predicted octanol–water partition coefficient (Wildman–Crippen LogP) is 3.11. The van der Waals surface area contributed by atoms with E-state index >= 15 is 0 Å². The Morgan fingerprint density at radius 2 is 1.88 bits per heavy atom. The molecule has 0 aromatic heterocycles. The highest BCUT2D eigenvalue weighted by Crippen LogP contribution is 2.29. The predicted molar refractivity (Wildman–Crippen MR) is 70.9 cm³/mol. The lowest BCUT2D eigenvalue weighted by atomic mass is 9.80. The maximum atomic E-state index is 12.0. The molecule has 2 fully saturated rings. The number of rotatable bonds is 2. The van der Waals surface area contributed by atoms with Gasteiger partial charge >= 0.3 is 0 Å². The Labute approximate surface area is 106 Å². The Morgan fingerprint density at radius 3 is 2.65 bits per heavy atom. The highest BCUT2D eigenvalue weighted by Gasteiger charge is 2.31. The van der Waals surface area contributed by atoms with Crippen LogP contribution < -0.4 is 0 Å². The molecule has 1 heterocycles. The van der Waals surface area contributed by atoms with Crippen molar-refractivity contribution in [1.82, 2.24) is 4.90 Å². The van der Waals surface area contributed by atoms with E-state index < -0.39 is 0 Å². The summed E-state index contributed by atoms with van der Waals surface area (Å²) in [5.41, 5.74) is 0. The minimum atomic E-state index is 0.325. The monoisotopic (exact) mass is 237 g/mol. The quantitative estimate of drug-likeness (QED) is 0.735. The van der Waals surface area contributed by atoms with E-state index in [2.05, 4.69) is 25.7 Å². The van der Waals surface area contributed by atoms with Crippen molar-refractivity contribution in [3.05, 3.63) is 0 Å². The SMILES string of the molecule is CC1CCC(=O)C(CN2CC(C)CCC2C)C1. The largest absolute Gasteiger partial charge is 0.300 e. The minimum absolute atomic E-state index is 0.325. The third kappa shape index (κ3) is 3.31. The van der Waals surface area contributed by atoms with Crippen molar-refractivity contribution < 1.29 is 4.79 Å². The Kier molecular flexibility index (Phi) is 4.24. The normalized spacial score (nSPS) is 40.5. The van der Waals surface area contributed by atoms with Crippen molar-refractivity contribution in [2.24, 2.45) is 17.8 Å². The highest BCUT2D eigenvalue weighted by molar-refractivity contribution is 5.81. The van der Waals surface area contributed by atoms with E-state index in [1.54, 1.807) is 0 Å². The van der Waals surface area contributed by atoms with Gasteiger partial charge in [-0.15, -0.1) is 0 Å². The van der Waals surface area contributed by atoms with Gasteiger partial charge in [-0.1, -0.05) is 13.8 Å². The molecule has 0 aromatic rings. The summed E-state index contributed by atoms with van der Waals surface area (Å²) < 4.78 is 0. The molecule has 2 heteroatoms. The van der Waals surface area contributed by atoms with E-state index in [0.29, 0.717) is 17.7 Å². The number of carbonyl (C=O) groups is 1. The van der Waals surface area contributed by atoms with E-state index in [-0.39, 0.29) is 0 Å². The standard InChI is InChI=1S/C15H27NO/c1-11-5-7-15(17)14(8-11)10-16-9-12(2)4-6-13(16)3/h11-14H,4-10H2,1-3H3. The molecule has 1 aliphatic carbocycles. The fourth-order valence-electron chi connectivity index (χ4n) is 3.42. The first-order valence-electron chi connectivity index (χ1n) is 7.33. The van der Waals surface area contributed by atoms with Gasteiger partial charge in [-0.25, -0.2) is 0 Å². The number of nitrogens with zero attached hydrogens (tertiary/aromatic N) is 1. The Bertz CT molecular complexity index is 276. The van der Waals surface area contributed by atoms with Crippen LogP contribution in [0.15, 0.2) is 0 Å². The molecular formula is C15H27NO. The Morgan fingerprint density at radius 1 is 1.12 bits per heavy atom. The summed E-state index contributed by atoms with van der Waals surface area (Å²) in [4.78, 5) is 14.5. The van der Waals surface area contributed by atoms with Gasteiger partial charge in [0.15, 0.2) is 0 Å². The van der Waals surface area contributed by atoms with Crippen LogP contribution in [0, 0.1) is 17.8 Å². The van der Waals surface area contributed by atoms with E-state index in [4.69, 9.17) is 0 Å². The van der Waals surface area contributed by atoms with Crippen LogP contribution in [-0.4, -0.2) is 29.8 Å². The van der Waals surface area contributed by atoms with E-state index in [0.717, 1.165) is 37.6 Å². The molecular weight excluding hydrogens is 210 g/mol. The summed E-state index contributed by atoms with van der Waals surface area (Å²) in [5.74, 6) is 2.40. The lowest BCUT2D eigenvalue weighted by Crippen LogP contribution is -2.45. The van der Waals surface area contributed by atoms with E-state index in [9.17, 15) is 4.79 Å². The van der Waals surface area contributed by atoms with Crippen molar-refractivity contribution in [3.8, 4) is 0 Å². The van der Waals surface area contributed by atoms with E-state index in [1.807, 2.05) is 0 Å². The highest BCUT2D eigenvalue weighted by atomic mass is 16.1. The van der Waals surface area contributed by atoms with Crippen LogP contribution in [0.1, 0.15) is 52.9 Å². The number of hydrogen-bond acceptors (Lipinski definition) is 2. The molecule has 0 bridgehead atoms. The van der Waals surface area contributed by atoms with Crippen LogP contribution in [0.25, 0.3) is 0 Å². The maximum absolute atomic E-state index is 12.0. The molecule has 2 aliphatic rings. The number of likely N-dealkylation sites (tertiary alicyclic amines) is 1. The van der Waals surface area contributed by atoms with Gasteiger partial charge in [-0.05, 0) is 44.4 Å². The van der Waals surface area contributed by atoms with Gasteiger partial charge in [-0.3, -0.25) is 9.69 Å². The molecule has 0 radical (unpaired) electrons. The zero-order valence-electron chi connectivity index (χ0n) is 11.6. The van der Waals surface area contributed by atoms with E-state index in [1.165, 1.54) is 19.4 Å². The topological polar surface area (TPSA) is 20.3 Å². The summed E-state index contributed by atoms with van der Waals surface area (Å²) in [7, 11) is 0. The van der Waals surface area contributed by atoms with Crippen LogP contribution >= 0.6 is 0 Å². The third-order valence-electron chi connectivity index (χ3n) is 4.73. The van der Waals surface area contributed by atoms with Crippen LogP contribution in [0.2, 0.25) is 0 Å². The minimum Gasteiger partial charge on any atom is -0.300 e. The average molecular weight is 237 g/mol. The number of carbonyl (C=O) groups excluding carboxylic acids is 1. The summed E-state index contributed by atoms with van der Waals surface area (Å²) in [6.45, 7) is 9.17. The second kappa shape index (κ2) is 5.51. The molecule has 2 nitrogen and oxygen atoms in total. The maximum Gasteiger partial charge on any atom is 0.137 e. The smallest absolute Gasteiger partial charge is 0.137 e. The zero-order valence-corrected chi connectivity index (χ0v) is 11.6. The van der Waals surface area contributed by atoms with Gasteiger partial charge in [-0.2, -0.15) is 0 Å². The van der Waals surface area contributed by atoms with Crippen molar-refractivity contribution in [1.29, 1.82) is 0 Å². The summed E-state index contributed by atoms with van der Waals surface area (Å²) >= 11 is 0. The summed E-state index contributed by atoms with van der Waals surface area (Å²) in [6.07, 6.45) is 5.71. The van der Waals surface area contributed by atoms with Gasteiger partial charge in [0.1, 0.15) is 5.78 Å². The number of hydrogen-bond donors (Lipinski definition) is 0. The van der Waals surface area contributed by atoms with Gasteiger partial charge < -0.3 is 0 Å². The first kappa shape index (κ1) is 13.1. The van der Waals surface area contributed by atoms with Crippen LogP contribution in [0.3, 0.4) is 0 Å². The first-order chi connectivity index (χ1) is 8.06. The van der Waals surface area contributed by atoms with Crippen LogP contribution in [-0.2, 0) is 4.79 Å². The molecule has 0 amide bonds. The first-order valence-corrected chi connectivity index (χ1v) is 7.33. The molecule has 0 aromatic carbocycles. The van der Waals surface area contributed by atoms with Gasteiger partial charge in [0.05, 0.1) is 0 Å². The molecule has 2 rings (SSSR count). The summed E-state index contributed by atoms with van der Waals surface area (Å²) in [5, 5.41) is 0. The van der Waals surface area contributed by atoms with Crippen molar-refractivity contribution >= 4 is 5.78 Å². The lowest BCUT2D eigenvalue weighted by Gasteiger charge is -2.39. The fourth-order valence-corrected chi connectivity index (χ4v) is 3.42. The molecule has 1 saturated heterocycles. The molecule has 4 unspecified atom stereocenters. The molecule has 1 aliphatic heterocycles. The number of piperidine rings is 1. The van der Waals surface area contributed by atoms with Crippen molar-refractivity contribution in [2.45, 2.75) is 58.9 Å². The molecule has 1 saturated carbocycles. The van der Waals surface area contributed by atoms with Crippen LogP contribution in [0.4, 0.5) is 0 Å². The zero-order chi connectivity index (χ0) is 12.4. The molecule has 0 spiro atoms. The van der Waals surface area contributed by atoms with Crippen LogP contribution in [0.5, 0.6) is 0 Å². The van der Waals surface area contributed by atoms with Gasteiger partial charge in [0.2, 0.25) is 0 Å². The molecule has 17 heavy (non-hydrogen) atoms. The fraction of sp³-hybridized carbons (Fsp3) is 0.933. The molecule has 0 N–H and O–H groups in total. The number of ketones is 1. The molecule has 4 atom stereocenters. The van der Waals surface area contributed by atoms with Gasteiger partial charge in [0.25, 0.3) is 0 Å². The molecule has 98 valence electrons. The van der Waals surface area contributed by atoms with Gasteiger partial charge in [0, 0.05) is 31.5 Å².